The summed E-state index contributed by atoms with van der Waals surface area (Å²) in [5.41, 5.74) is 0. The van der Waals surface area contributed by atoms with Crippen LogP contribution in [-0.4, -0.2) is 37.5 Å². The SMILES string of the molecule is CCC[C@@H](C)C(=O)NC[C@@H](C)N(C)C. The van der Waals surface area contributed by atoms with Gasteiger partial charge < -0.3 is 10.2 Å². The average Bonchev–Trinajstić information content (AvgIpc) is 2.13. The van der Waals surface area contributed by atoms with Gasteiger partial charge in [0.25, 0.3) is 0 Å². The largest absolute Gasteiger partial charge is 0.354 e. The molecular weight excluding hydrogens is 176 g/mol. The monoisotopic (exact) mass is 200 g/mol. The third-order valence-corrected chi connectivity index (χ3v) is 2.62. The van der Waals surface area contributed by atoms with Crippen molar-refractivity contribution in [1.29, 1.82) is 0 Å². The number of hydrogen-bond donors (Lipinski definition) is 1. The van der Waals surface area contributed by atoms with Crippen LogP contribution in [0.1, 0.15) is 33.6 Å². The summed E-state index contributed by atoms with van der Waals surface area (Å²) in [6, 6.07) is 0.396. The Morgan fingerprint density at radius 2 is 1.93 bits per heavy atom. The van der Waals surface area contributed by atoms with Crippen LogP contribution in [0.15, 0.2) is 0 Å². The van der Waals surface area contributed by atoms with Crippen LogP contribution in [0.2, 0.25) is 0 Å². The fourth-order valence-corrected chi connectivity index (χ4v) is 1.17. The molecular formula is C11H24N2O. The predicted molar refractivity (Wildman–Crippen MR) is 60.2 cm³/mol. The molecule has 3 heteroatoms. The van der Waals surface area contributed by atoms with Gasteiger partial charge in [0.15, 0.2) is 0 Å². The highest BCUT2D eigenvalue weighted by Crippen LogP contribution is 2.04. The Hall–Kier alpha value is -0.570. The third kappa shape index (κ3) is 5.22. The first kappa shape index (κ1) is 13.4. The second kappa shape index (κ2) is 6.82. The Kier molecular flexibility index (Phi) is 6.54. The van der Waals surface area contributed by atoms with Crippen molar-refractivity contribution in [3.63, 3.8) is 0 Å². The van der Waals surface area contributed by atoms with E-state index in [0.29, 0.717) is 6.04 Å². The summed E-state index contributed by atoms with van der Waals surface area (Å²) in [5.74, 6) is 0.329. The van der Waals surface area contributed by atoms with Gasteiger partial charge in [-0.1, -0.05) is 20.3 Å². The summed E-state index contributed by atoms with van der Waals surface area (Å²) >= 11 is 0. The number of carbonyl (C=O) groups excluding carboxylic acids is 1. The molecule has 0 radical (unpaired) electrons. The third-order valence-electron chi connectivity index (χ3n) is 2.62. The van der Waals surface area contributed by atoms with Crippen molar-refractivity contribution < 1.29 is 4.79 Å². The van der Waals surface area contributed by atoms with E-state index in [2.05, 4.69) is 24.1 Å². The molecule has 0 aromatic carbocycles. The average molecular weight is 200 g/mol. The van der Waals surface area contributed by atoms with Crippen LogP contribution >= 0.6 is 0 Å². The van der Waals surface area contributed by atoms with Crippen molar-refractivity contribution in [1.82, 2.24) is 10.2 Å². The summed E-state index contributed by atoms with van der Waals surface area (Å²) in [6.45, 7) is 6.93. The van der Waals surface area contributed by atoms with Crippen LogP contribution in [0.25, 0.3) is 0 Å². The predicted octanol–water partition coefficient (Wildman–Crippen LogP) is 1.49. The van der Waals surface area contributed by atoms with Crippen molar-refractivity contribution in [2.45, 2.75) is 39.7 Å². The molecule has 0 aliphatic carbocycles. The van der Waals surface area contributed by atoms with Gasteiger partial charge in [-0.2, -0.15) is 0 Å². The van der Waals surface area contributed by atoms with Crippen LogP contribution in [-0.2, 0) is 4.79 Å². The highest BCUT2D eigenvalue weighted by molar-refractivity contribution is 5.78. The molecule has 0 aliphatic rings. The molecule has 0 saturated heterocycles. The topological polar surface area (TPSA) is 32.3 Å². The van der Waals surface area contributed by atoms with Crippen LogP contribution in [0, 0.1) is 5.92 Å². The van der Waals surface area contributed by atoms with E-state index in [0.717, 1.165) is 19.4 Å². The van der Waals surface area contributed by atoms with Crippen molar-refractivity contribution in [3.05, 3.63) is 0 Å². The van der Waals surface area contributed by atoms with Gasteiger partial charge in [-0.25, -0.2) is 0 Å². The van der Waals surface area contributed by atoms with Crippen molar-refractivity contribution in [3.8, 4) is 0 Å². The molecule has 0 fully saturated rings. The lowest BCUT2D eigenvalue weighted by Crippen LogP contribution is -2.40. The molecule has 14 heavy (non-hydrogen) atoms. The molecule has 0 spiro atoms. The van der Waals surface area contributed by atoms with Gasteiger partial charge in [0.1, 0.15) is 0 Å². The maximum atomic E-state index is 11.5. The zero-order chi connectivity index (χ0) is 11.1. The lowest BCUT2D eigenvalue weighted by atomic mass is 10.1. The smallest absolute Gasteiger partial charge is 0.222 e. The Morgan fingerprint density at radius 1 is 1.36 bits per heavy atom. The molecule has 0 aliphatic heterocycles. The molecule has 1 amide bonds. The van der Waals surface area contributed by atoms with Gasteiger partial charge in [-0.3, -0.25) is 4.79 Å². The number of hydrogen-bond acceptors (Lipinski definition) is 2. The van der Waals surface area contributed by atoms with Crippen LogP contribution in [0.5, 0.6) is 0 Å². The van der Waals surface area contributed by atoms with E-state index in [1.54, 1.807) is 0 Å². The quantitative estimate of drug-likeness (QED) is 0.704. The summed E-state index contributed by atoms with van der Waals surface area (Å²) < 4.78 is 0. The molecule has 0 heterocycles. The standard InChI is InChI=1S/C11H24N2O/c1-6-7-9(2)11(14)12-8-10(3)13(4)5/h9-10H,6-8H2,1-5H3,(H,12,14)/t9-,10-/m1/s1. The first-order valence-corrected chi connectivity index (χ1v) is 5.43. The maximum Gasteiger partial charge on any atom is 0.222 e. The Balaban J connectivity index is 3.73. The highest BCUT2D eigenvalue weighted by Gasteiger charge is 2.12. The molecule has 0 bridgehead atoms. The Labute approximate surface area is 87.9 Å². The first-order valence-electron chi connectivity index (χ1n) is 5.43. The summed E-state index contributed by atoms with van der Waals surface area (Å²) in [4.78, 5) is 13.6. The number of likely N-dealkylation sites (N-methyl/N-ethyl adjacent to an activating group) is 1. The molecule has 3 nitrogen and oxygen atoms in total. The zero-order valence-electron chi connectivity index (χ0n) is 10.1. The number of nitrogens with one attached hydrogen (secondary N) is 1. The van der Waals surface area contributed by atoms with Gasteiger partial charge in [0.2, 0.25) is 5.91 Å². The van der Waals surface area contributed by atoms with Gasteiger partial charge >= 0.3 is 0 Å². The normalized spacial score (nSPS) is 15.3. The number of nitrogens with zero attached hydrogens (tertiary/aromatic N) is 1. The molecule has 84 valence electrons. The molecule has 1 N–H and O–H groups in total. The minimum atomic E-state index is 0.148. The second-order valence-electron chi connectivity index (χ2n) is 4.25. The van der Waals surface area contributed by atoms with E-state index in [1.807, 2.05) is 21.0 Å². The minimum Gasteiger partial charge on any atom is -0.354 e. The van der Waals surface area contributed by atoms with Gasteiger partial charge in [0, 0.05) is 18.5 Å². The fraction of sp³-hybridized carbons (Fsp3) is 0.909. The van der Waals surface area contributed by atoms with E-state index in [4.69, 9.17) is 0 Å². The van der Waals surface area contributed by atoms with Crippen LogP contribution in [0.3, 0.4) is 0 Å². The summed E-state index contributed by atoms with van der Waals surface area (Å²) in [6.07, 6.45) is 2.04. The molecule has 0 unspecified atom stereocenters. The van der Waals surface area contributed by atoms with Crippen LogP contribution < -0.4 is 5.32 Å². The van der Waals surface area contributed by atoms with E-state index >= 15 is 0 Å². The van der Waals surface area contributed by atoms with Gasteiger partial charge in [-0.05, 0) is 27.4 Å². The Bertz CT molecular complexity index is 169. The van der Waals surface area contributed by atoms with Crippen molar-refractivity contribution >= 4 is 5.91 Å². The number of carbonyl (C=O) groups is 1. The lowest BCUT2D eigenvalue weighted by molar-refractivity contribution is -0.124. The molecule has 2 atom stereocenters. The van der Waals surface area contributed by atoms with E-state index < -0.39 is 0 Å². The van der Waals surface area contributed by atoms with Crippen LogP contribution in [0.4, 0.5) is 0 Å². The van der Waals surface area contributed by atoms with Crippen molar-refractivity contribution in [2.24, 2.45) is 5.92 Å². The molecule has 0 rings (SSSR count). The van der Waals surface area contributed by atoms with Gasteiger partial charge in [-0.15, -0.1) is 0 Å². The lowest BCUT2D eigenvalue weighted by Gasteiger charge is -2.21. The molecule has 0 aromatic rings. The van der Waals surface area contributed by atoms with E-state index in [9.17, 15) is 4.79 Å². The second-order valence-corrected chi connectivity index (χ2v) is 4.25. The van der Waals surface area contributed by atoms with Crippen molar-refractivity contribution in [2.75, 3.05) is 20.6 Å². The molecule has 0 aromatic heterocycles. The van der Waals surface area contributed by atoms with E-state index in [-0.39, 0.29) is 11.8 Å². The zero-order valence-corrected chi connectivity index (χ0v) is 10.1. The minimum absolute atomic E-state index is 0.148. The summed E-state index contributed by atoms with van der Waals surface area (Å²) in [5, 5.41) is 2.97. The fourth-order valence-electron chi connectivity index (χ4n) is 1.17. The number of amides is 1. The molecule has 0 saturated carbocycles. The van der Waals surface area contributed by atoms with E-state index in [1.165, 1.54) is 0 Å². The maximum absolute atomic E-state index is 11.5. The first-order chi connectivity index (χ1) is 6.49. The summed E-state index contributed by atoms with van der Waals surface area (Å²) in [7, 11) is 4.04. The van der Waals surface area contributed by atoms with Gasteiger partial charge in [0.05, 0.1) is 0 Å². The highest BCUT2D eigenvalue weighted by atomic mass is 16.1. The number of rotatable bonds is 6. The Morgan fingerprint density at radius 3 is 2.36 bits per heavy atom.